The average molecular weight is 391 g/mol. The Balaban J connectivity index is 2.12. The highest BCUT2D eigenvalue weighted by Crippen LogP contribution is 2.28. The first-order valence-corrected chi connectivity index (χ1v) is 8.83. The van der Waals surface area contributed by atoms with Gasteiger partial charge >= 0.3 is 0 Å². The molecular formula is C20H23ClN2O4. The molecule has 6 nitrogen and oxygen atoms in total. The van der Waals surface area contributed by atoms with E-state index in [1.807, 2.05) is 13.8 Å². The minimum Gasteiger partial charge on any atom is -0.493 e. The number of benzene rings is 2. The number of nitrogens with one attached hydrogen (secondary N) is 2. The molecule has 0 aliphatic carbocycles. The molecule has 2 amide bonds. The maximum atomic E-state index is 12.4. The maximum Gasteiger partial charge on any atom is 0.251 e. The van der Waals surface area contributed by atoms with E-state index in [0.29, 0.717) is 27.8 Å². The lowest BCUT2D eigenvalue weighted by Crippen LogP contribution is -2.30. The summed E-state index contributed by atoms with van der Waals surface area (Å²) in [6.45, 7) is 3.75. The molecule has 0 aliphatic rings. The summed E-state index contributed by atoms with van der Waals surface area (Å²) in [5.41, 5.74) is 1.57. The van der Waals surface area contributed by atoms with Gasteiger partial charge in [-0.05, 0) is 49.7 Å². The van der Waals surface area contributed by atoms with Gasteiger partial charge in [0.1, 0.15) is 0 Å². The van der Waals surface area contributed by atoms with Crippen molar-refractivity contribution in [2.75, 3.05) is 19.5 Å². The Kier molecular flexibility index (Phi) is 7.07. The molecule has 2 aromatic rings. The summed E-state index contributed by atoms with van der Waals surface area (Å²) < 4.78 is 10.4. The topological polar surface area (TPSA) is 76.7 Å². The number of rotatable bonds is 7. The van der Waals surface area contributed by atoms with Crippen molar-refractivity contribution in [3.63, 3.8) is 0 Å². The number of carbonyl (C=O) groups excluding carboxylic acids is 2. The van der Waals surface area contributed by atoms with Gasteiger partial charge < -0.3 is 20.1 Å². The lowest BCUT2D eigenvalue weighted by atomic mass is 10.1. The van der Waals surface area contributed by atoms with Gasteiger partial charge in [-0.2, -0.15) is 0 Å². The molecule has 144 valence electrons. The third-order valence-electron chi connectivity index (χ3n) is 3.74. The van der Waals surface area contributed by atoms with Crippen LogP contribution in [0.4, 0.5) is 5.69 Å². The van der Waals surface area contributed by atoms with Crippen molar-refractivity contribution in [1.82, 2.24) is 5.32 Å². The van der Waals surface area contributed by atoms with Crippen LogP contribution in [0.15, 0.2) is 36.4 Å². The van der Waals surface area contributed by atoms with Crippen LogP contribution >= 0.6 is 11.6 Å². The zero-order valence-electron chi connectivity index (χ0n) is 15.8. The number of hydrogen-bond acceptors (Lipinski definition) is 4. The number of amides is 2. The molecule has 0 bridgehead atoms. The Morgan fingerprint density at radius 3 is 2.37 bits per heavy atom. The zero-order valence-corrected chi connectivity index (χ0v) is 16.5. The van der Waals surface area contributed by atoms with E-state index in [-0.39, 0.29) is 24.3 Å². The lowest BCUT2D eigenvalue weighted by molar-refractivity contribution is -0.115. The monoisotopic (exact) mass is 390 g/mol. The van der Waals surface area contributed by atoms with E-state index in [2.05, 4.69) is 10.6 Å². The van der Waals surface area contributed by atoms with Crippen molar-refractivity contribution in [3.8, 4) is 11.5 Å². The Hall–Kier alpha value is -2.73. The number of hydrogen-bond donors (Lipinski definition) is 2. The Morgan fingerprint density at radius 2 is 1.74 bits per heavy atom. The lowest BCUT2D eigenvalue weighted by Gasteiger charge is -2.12. The maximum absolute atomic E-state index is 12.4. The fourth-order valence-corrected chi connectivity index (χ4v) is 2.64. The van der Waals surface area contributed by atoms with Crippen molar-refractivity contribution >= 4 is 29.1 Å². The number of methoxy groups -OCH3 is 2. The van der Waals surface area contributed by atoms with Crippen molar-refractivity contribution in [1.29, 1.82) is 0 Å². The number of carbonyl (C=O) groups is 2. The molecule has 0 radical (unpaired) electrons. The van der Waals surface area contributed by atoms with Gasteiger partial charge in [0.15, 0.2) is 11.5 Å². The largest absolute Gasteiger partial charge is 0.493 e. The molecule has 2 N–H and O–H groups in total. The molecule has 0 atom stereocenters. The summed E-state index contributed by atoms with van der Waals surface area (Å²) in [6.07, 6.45) is 0.124. The minimum absolute atomic E-state index is 0.0104. The summed E-state index contributed by atoms with van der Waals surface area (Å²) in [4.78, 5) is 24.5. The molecule has 2 aromatic carbocycles. The molecule has 7 heteroatoms. The molecular weight excluding hydrogens is 368 g/mol. The van der Waals surface area contributed by atoms with Crippen molar-refractivity contribution in [2.45, 2.75) is 26.3 Å². The van der Waals surface area contributed by atoms with Gasteiger partial charge in [-0.1, -0.05) is 17.7 Å². The van der Waals surface area contributed by atoms with Crippen LogP contribution in [0.2, 0.25) is 5.02 Å². The van der Waals surface area contributed by atoms with Gasteiger partial charge in [-0.3, -0.25) is 9.59 Å². The molecule has 0 aliphatic heterocycles. The predicted molar refractivity (Wildman–Crippen MR) is 106 cm³/mol. The second-order valence-corrected chi connectivity index (χ2v) is 6.64. The molecule has 0 aromatic heterocycles. The van der Waals surface area contributed by atoms with Gasteiger partial charge in [-0.25, -0.2) is 0 Å². The highest BCUT2D eigenvalue weighted by atomic mass is 35.5. The molecule has 27 heavy (non-hydrogen) atoms. The first-order chi connectivity index (χ1) is 12.8. The fourth-order valence-electron chi connectivity index (χ4n) is 2.48. The molecule has 0 fully saturated rings. The summed E-state index contributed by atoms with van der Waals surface area (Å²) in [6, 6.07) is 10.0. The quantitative estimate of drug-likeness (QED) is 0.756. The van der Waals surface area contributed by atoms with E-state index in [0.717, 1.165) is 5.56 Å². The van der Waals surface area contributed by atoms with Crippen LogP contribution in [0.1, 0.15) is 29.8 Å². The van der Waals surface area contributed by atoms with E-state index in [4.69, 9.17) is 21.1 Å². The predicted octanol–water partition coefficient (Wildman–Crippen LogP) is 3.68. The fraction of sp³-hybridized carbons (Fsp3) is 0.300. The highest BCUT2D eigenvalue weighted by Gasteiger charge is 2.13. The van der Waals surface area contributed by atoms with Gasteiger partial charge in [0.2, 0.25) is 5.91 Å². The molecule has 2 rings (SSSR count). The number of halogens is 1. The van der Waals surface area contributed by atoms with E-state index >= 15 is 0 Å². The van der Waals surface area contributed by atoms with Crippen LogP contribution < -0.4 is 20.1 Å². The van der Waals surface area contributed by atoms with Crippen LogP contribution in [-0.2, 0) is 11.2 Å². The second-order valence-electron chi connectivity index (χ2n) is 6.24. The van der Waals surface area contributed by atoms with Gasteiger partial charge in [0.05, 0.1) is 31.4 Å². The summed E-state index contributed by atoms with van der Waals surface area (Å²) in [7, 11) is 3.09. The summed E-state index contributed by atoms with van der Waals surface area (Å²) in [5, 5.41) is 5.91. The normalized spacial score (nSPS) is 10.4. The molecule has 0 unspecified atom stereocenters. The highest BCUT2D eigenvalue weighted by molar-refractivity contribution is 6.33. The number of ether oxygens (including phenoxy) is 2. The SMILES string of the molecule is COc1ccc(CC(=O)Nc2cc(C(=O)NC(C)C)ccc2Cl)cc1OC. The summed E-state index contributed by atoms with van der Waals surface area (Å²) >= 11 is 6.16. The van der Waals surface area contributed by atoms with Crippen molar-refractivity contribution in [2.24, 2.45) is 0 Å². The Morgan fingerprint density at radius 1 is 1.04 bits per heavy atom. The molecule has 0 spiro atoms. The molecule has 0 saturated carbocycles. The van der Waals surface area contributed by atoms with E-state index in [1.165, 1.54) is 7.11 Å². The Bertz CT molecular complexity index is 837. The standard InChI is InChI=1S/C20H23ClN2O4/c1-12(2)22-20(25)14-6-7-15(21)16(11-14)23-19(24)10-13-5-8-17(26-3)18(9-13)27-4/h5-9,11-12H,10H2,1-4H3,(H,22,25)(H,23,24). The first kappa shape index (κ1) is 20.6. The number of anilines is 1. The van der Waals surface area contributed by atoms with Crippen LogP contribution in [0, 0.1) is 0 Å². The van der Waals surface area contributed by atoms with Crippen LogP contribution in [0.5, 0.6) is 11.5 Å². The van der Waals surface area contributed by atoms with Gasteiger partial charge in [0.25, 0.3) is 5.91 Å². The average Bonchev–Trinajstić information content (AvgIpc) is 2.62. The first-order valence-electron chi connectivity index (χ1n) is 8.45. The second kappa shape index (κ2) is 9.28. The Labute approximate surface area is 163 Å². The van der Waals surface area contributed by atoms with Gasteiger partial charge in [0, 0.05) is 11.6 Å². The third-order valence-corrected chi connectivity index (χ3v) is 4.06. The van der Waals surface area contributed by atoms with Gasteiger partial charge in [-0.15, -0.1) is 0 Å². The van der Waals surface area contributed by atoms with E-state index < -0.39 is 0 Å². The smallest absolute Gasteiger partial charge is 0.251 e. The van der Waals surface area contributed by atoms with E-state index in [9.17, 15) is 9.59 Å². The molecule has 0 saturated heterocycles. The van der Waals surface area contributed by atoms with Crippen LogP contribution in [0.3, 0.4) is 0 Å². The van der Waals surface area contributed by atoms with Crippen molar-refractivity contribution in [3.05, 3.63) is 52.5 Å². The summed E-state index contributed by atoms with van der Waals surface area (Å²) in [5.74, 6) is 0.657. The van der Waals surface area contributed by atoms with Crippen molar-refractivity contribution < 1.29 is 19.1 Å². The van der Waals surface area contributed by atoms with Crippen LogP contribution in [-0.4, -0.2) is 32.1 Å². The zero-order chi connectivity index (χ0) is 20.0. The minimum atomic E-state index is -0.259. The van der Waals surface area contributed by atoms with E-state index in [1.54, 1.807) is 43.5 Å². The third kappa shape index (κ3) is 5.62. The molecule has 0 heterocycles. The van der Waals surface area contributed by atoms with Crippen LogP contribution in [0.25, 0.3) is 0 Å².